The van der Waals surface area contributed by atoms with Crippen LogP contribution < -0.4 is 20.4 Å². The summed E-state index contributed by atoms with van der Waals surface area (Å²) in [5.74, 6) is 1.17. The van der Waals surface area contributed by atoms with E-state index in [1.54, 1.807) is 11.9 Å². The van der Waals surface area contributed by atoms with E-state index in [1.807, 2.05) is 23.2 Å². The average molecular weight is 525 g/mol. The fourth-order valence-electron chi connectivity index (χ4n) is 6.48. The summed E-state index contributed by atoms with van der Waals surface area (Å²) in [5.41, 5.74) is 7.01. The van der Waals surface area contributed by atoms with Gasteiger partial charge in [0.15, 0.2) is 0 Å². The Labute approximate surface area is 229 Å². The van der Waals surface area contributed by atoms with Crippen LogP contribution >= 0.6 is 0 Å². The largest absolute Gasteiger partial charge is 0.385 e. The molecule has 1 aliphatic carbocycles. The zero-order valence-electron chi connectivity index (χ0n) is 22.9. The molecule has 0 radical (unpaired) electrons. The highest BCUT2D eigenvalue weighted by Crippen LogP contribution is 2.44. The fraction of sp³-hybridized carbons (Fsp3) is 0.433. The molecule has 0 bridgehead atoms. The molecule has 4 heterocycles. The topological polar surface area (TPSA) is 79.9 Å². The predicted molar refractivity (Wildman–Crippen MR) is 155 cm³/mol. The molecule has 3 aromatic rings. The van der Waals surface area contributed by atoms with Gasteiger partial charge in [0, 0.05) is 67.6 Å². The number of carbonyl (C=O) groups excluding carboxylic acids is 1. The molecule has 1 saturated heterocycles. The second-order valence-electron chi connectivity index (χ2n) is 11.5. The van der Waals surface area contributed by atoms with E-state index in [4.69, 9.17) is 4.98 Å². The molecule has 2 amide bonds. The lowest BCUT2D eigenvalue weighted by Crippen LogP contribution is -2.53. The van der Waals surface area contributed by atoms with Gasteiger partial charge < -0.3 is 20.4 Å². The smallest absolute Gasteiger partial charge is 0.326 e. The summed E-state index contributed by atoms with van der Waals surface area (Å²) in [5, 5.41) is 6.86. The number of urea groups is 1. The molecule has 7 rings (SSSR count). The Hall–Kier alpha value is -3.85. The molecule has 1 atom stereocenters. The van der Waals surface area contributed by atoms with Crippen molar-refractivity contribution in [1.29, 1.82) is 0 Å². The highest BCUT2D eigenvalue weighted by molar-refractivity contribution is 5.93. The van der Waals surface area contributed by atoms with Gasteiger partial charge in [0.05, 0.1) is 12.6 Å². The van der Waals surface area contributed by atoms with Gasteiger partial charge >= 0.3 is 6.03 Å². The van der Waals surface area contributed by atoms with Crippen molar-refractivity contribution < 1.29 is 4.79 Å². The first-order valence-corrected chi connectivity index (χ1v) is 14.0. The molecular weight excluding hydrogens is 488 g/mol. The number of para-hydroxylation sites is 1. The first kappa shape index (κ1) is 24.2. The van der Waals surface area contributed by atoms with E-state index in [0.29, 0.717) is 23.8 Å². The number of benzene rings is 2. The summed E-state index contributed by atoms with van der Waals surface area (Å²) in [4.78, 5) is 31.6. The number of nitrogens with one attached hydrogen (secondary N) is 2. The molecule has 1 unspecified atom stereocenters. The van der Waals surface area contributed by atoms with Crippen molar-refractivity contribution in [3.05, 3.63) is 65.4 Å². The van der Waals surface area contributed by atoms with Crippen LogP contribution in [-0.2, 0) is 6.54 Å². The third-order valence-electron chi connectivity index (χ3n) is 9.11. The highest BCUT2D eigenvalue weighted by Gasteiger charge is 2.49. The highest BCUT2D eigenvalue weighted by atomic mass is 16.2. The van der Waals surface area contributed by atoms with Gasteiger partial charge in [-0.15, -0.1) is 0 Å². The van der Waals surface area contributed by atoms with Gasteiger partial charge in [0.2, 0.25) is 5.95 Å². The first-order valence-electron chi connectivity index (χ1n) is 14.0. The number of hydrogen-bond acceptors (Lipinski definition) is 7. The Bertz CT molecular complexity index is 1440. The minimum absolute atomic E-state index is 0.0274. The molecule has 1 aromatic heterocycles. The second-order valence-corrected chi connectivity index (χ2v) is 11.5. The van der Waals surface area contributed by atoms with Gasteiger partial charge in [-0.1, -0.05) is 18.2 Å². The summed E-state index contributed by atoms with van der Waals surface area (Å²) < 4.78 is 0. The summed E-state index contributed by atoms with van der Waals surface area (Å²) >= 11 is 0. The van der Waals surface area contributed by atoms with Crippen LogP contribution in [0.4, 0.5) is 33.6 Å². The number of aryl methyl sites for hydroxylation is 1. The molecule has 9 nitrogen and oxygen atoms in total. The molecule has 1 saturated carbocycles. The average Bonchev–Trinajstić information content (AvgIpc) is 3.73. The van der Waals surface area contributed by atoms with Crippen molar-refractivity contribution in [2.75, 3.05) is 60.7 Å². The number of fused-ring (bicyclic) bond motifs is 2. The Kier molecular flexibility index (Phi) is 5.66. The minimum atomic E-state index is -0.0324. The van der Waals surface area contributed by atoms with Crippen molar-refractivity contribution in [1.82, 2.24) is 19.8 Å². The van der Waals surface area contributed by atoms with Gasteiger partial charge in [0.25, 0.3) is 0 Å². The van der Waals surface area contributed by atoms with Crippen LogP contribution in [-0.4, -0.2) is 71.6 Å². The van der Waals surface area contributed by atoms with Crippen molar-refractivity contribution in [3.63, 3.8) is 0 Å². The van der Waals surface area contributed by atoms with Crippen LogP contribution in [0, 0.1) is 6.92 Å². The lowest BCUT2D eigenvalue weighted by atomic mass is 9.95. The van der Waals surface area contributed by atoms with Crippen LogP contribution in [0.25, 0.3) is 0 Å². The molecule has 9 heteroatoms. The fourth-order valence-corrected chi connectivity index (χ4v) is 6.48. The molecule has 2 aromatic carbocycles. The SMILES string of the molecule is Cc1cc(N2CCN(C)C3(CC3)C2)ccc1Nc1ncc2c(n1)N(C)C(=O)N(C1CCNc3ccccc31)C2. The maximum absolute atomic E-state index is 13.5. The second kappa shape index (κ2) is 9.12. The van der Waals surface area contributed by atoms with E-state index in [0.717, 1.165) is 60.7 Å². The van der Waals surface area contributed by atoms with E-state index >= 15 is 0 Å². The van der Waals surface area contributed by atoms with Crippen LogP contribution in [0.2, 0.25) is 0 Å². The molecule has 202 valence electrons. The first-order chi connectivity index (χ1) is 18.9. The summed E-state index contributed by atoms with van der Waals surface area (Å²) in [6.45, 7) is 6.73. The summed E-state index contributed by atoms with van der Waals surface area (Å²) in [7, 11) is 4.07. The van der Waals surface area contributed by atoms with E-state index < -0.39 is 0 Å². The number of aromatic nitrogens is 2. The molecule has 2 fully saturated rings. The van der Waals surface area contributed by atoms with E-state index in [-0.39, 0.29) is 12.1 Å². The number of anilines is 5. The number of carbonyl (C=O) groups is 1. The number of nitrogens with zero attached hydrogens (tertiary/aromatic N) is 6. The van der Waals surface area contributed by atoms with Crippen LogP contribution in [0.5, 0.6) is 0 Å². The standard InChI is InChI=1S/C30H36N8O/c1-20-16-22(37-15-14-35(2)30(19-37)11-12-30)8-9-24(20)33-28-32-17-21-18-38(29(39)36(3)27(21)34-28)26-10-13-31-25-7-5-4-6-23(25)26/h4-9,16-17,26,31H,10-15,18-19H2,1-3H3,(H,32,33,34). The lowest BCUT2D eigenvalue weighted by molar-refractivity contribution is 0.170. The maximum Gasteiger partial charge on any atom is 0.326 e. The predicted octanol–water partition coefficient (Wildman–Crippen LogP) is 4.74. The molecule has 1 spiro atoms. The Morgan fingerprint density at radius 1 is 1.10 bits per heavy atom. The van der Waals surface area contributed by atoms with E-state index in [1.165, 1.54) is 18.5 Å². The van der Waals surface area contributed by atoms with Gasteiger partial charge in [0.1, 0.15) is 5.82 Å². The maximum atomic E-state index is 13.5. The van der Waals surface area contributed by atoms with E-state index in [2.05, 4.69) is 69.7 Å². The third kappa shape index (κ3) is 4.16. The number of rotatable bonds is 4. The quantitative estimate of drug-likeness (QED) is 0.510. The van der Waals surface area contributed by atoms with Crippen molar-refractivity contribution in [3.8, 4) is 0 Å². The zero-order valence-corrected chi connectivity index (χ0v) is 22.9. The number of hydrogen-bond donors (Lipinski definition) is 2. The molecule has 4 aliphatic rings. The van der Waals surface area contributed by atoms with E-state index in [9.17, 15) is 4.79 Å². The van der Waals surface area contributed by atoms with Crippen LogP contribution in [0.15, 0.2) is 48.7 Å². The lowest BCUT2D eigenvalue weighted by Gasteiger charge is -2.41. The van der Waals surface area contributed by atoms with Crippen molar-refractivity contribution in [2.45, 2.75) is 44.3 Å². The molecular formula is C30H36N8O. The Balaban J connectivity index is 1.09. The van der Waals surface area contributed by atoms with Gasteiger partial charge in [-0.25, -0.2) is 9.78 Å². The van der Waals surface area contributed by atoms with Crippen LogP contribution in [0.1, 0.15) is 42.0 Å². The van der Waals surface area contributed by atoms with Gasteiger partial charge in [-0.3, -0.25) is 9.80 Å². The summed E-state index contributed by atoms with van der Waals surface area (Å²) in [6.07, 6.45) is 5.33. The van der Waals surface area contributed by atoms with Gasteiger partial charge in [-0.05, 0) is 68.6 Å². The van der Waals surface area contributed by atoms with Crippen LogP contribution in [0.3, 0.4) is 0 Å². The van der Waals surface area contributed by atoms with Crippen molar-refractivity contribution in [2.24, 2.45) is 0 Å². The number of likely N-dealkylation sites (N-methyl/N-ethyl adjacent to an activating group) is 1. The third-order valence-corrected chi connectivity index (χ3v) is 9.11. The Morgan fingerprint density at radius 3 is 2.77 bits per heavy atom. The number of amides is 2. The number of piperazine rings is 1. The molecule has 39 heavy (non-hydrogen) atoms. The van der Waals surface area contributed by atoms with Crippen molar-refractivity contribution >= 4 is 34.9 Å². The van der Waals surface area contributed by atoms with Gasteiger partial charge in [-0.2, -0.15) is 4.98 Å². The monoisotopic (exact) mass is 524 g/mol. The molecule has 3 aliphatic heterocycles. The minimum Gasteiger partial charge on any atom is -0.385 e. The normalized spacial score (nSPS) is 21.9. The Morgan fingerprint density at radius 2 is 1.95 bits per heavy atom. The zero-order chi connectivity index (χ0) is 26.7. The molecule has 2 N–H and O–H groups in total. The summed E-state index contributed by atoms with van der Waals surface area (Å²) in [6, 6.07) is 14.8.